The van der Waals surface area contributed by atoms with E-state index in [1.54, 1.807) is 12.1 Å². The van der Waals surface area contributed by atoms with E-state index in [0.717, 1.165) is 33.0 Å². The number of benzene rings is 3. The molecule has 4 rings (SSSR count). The Hall–Kier alpha value is -3.31. The van der Waals surface area contributed by atoms with Gasteiger partial charge in [0, 0.05) is 17.1 Å². The van der Waals surface area contributed by atoms with Crippen LogP contribution in [0.4, 0.5) is 10.1 Å². The van der Waals surface area contributed by atoms with E-state index < -0.39 is 32.0 Å². The summed E-state index contributed by atoms with van der Waals surface area (Å²) in [5.74, 6) is -0.143. The number of rotatable bonds is 6. The van der Waals surface area contributed by atoms with Crippen molar-refractivity contribution in [3.63, 3.8) is 0 Å². The Balaban J connectivity index is 1.63. The predicted octanol–water partition coefficient (Wildman–Crippen LogP) is 4.50. The van der Waals surface area contributed by atoms with Gasteiger partial charge in [-0.25, -0.2) is 26.5 Å². The number of hydrogen-bond donors (Lipinski definition) is 2. The molecule has 0 amide bonds. The smallest absolute Gasteiger partial charge is 0.266 e. The Labute approximate surface area is 186 Å². The Morgan fingerprint density at radius 1 is 1.03 bits per heavy atom. The number of anilines is 1. The van der Waals surface area contributed by atoms with Gasteiger partial charge in [-0.05, 0) is 42.0 Å². The average Bonchev–Trinajstić information content (AvgIpc) is 3.18. The Morgan fingerprint density at radius 2 is 1.75 bits per heavy atom. The molecular weight excluding hydrogens is 455 g/mol. The molecule has 1 heterocycles. The van der Waals surface area contributed by atoms with Crippen LogP contribution in [0.15, 0.2) is 88.3 Å². The maximum absolute atomic E-state index is 13.5. The van der Waals surface area contributed by atoms with E-state index in [9.17, 15) is 21.6 Å². The lowest BCUT2D eigenvalue weighted by atomic mass is 10.1. The molecule has 3 aromatic carbocycles. The van der Waals surface area contributed by atoms with Crippen molar-refractivity contribution in [1.29, 1.82) is 0 Å². The van der Waals surface area contributed by atoms with Crippen molar-refractivity contribution in [3.8, 4) is 11.3 Å². The van der Waals surface area contributed by atoms with Crippen LogP contribution in [0.2, 0.25) is 0 Å². The number of para-hydroxylation sites is 1. The number of fused-ring (bicyclic) bond motifs is 1. The molecule has 4 aromatic rings. The number of furan rings is 1. The van der Waals surface area contributed by atoms with E-state index >= 15 is 0 Å². The fourth-order valence-electron chi connectivity index (χ4n) is 3.15. The van der Waals surface area contributed by atoms with Crippen LogP contribution in [0.1, 0.15) is 5.56 Å². The Bertz CT molecular complexity index is 1410. The summed E-state index contributed by atoms with van der Waals surface area (Å²) in [4.78, 5) is -0.607. The van der Waals surface area contributed by atoms with Gasteiger partial charge in [0.1, 0.15) is 22.1 Å². The number of nitrogens with zero attached hydrogens (tertiary/aromatic N) is 1. The third kappa shape index (κ3) is 4.63. The van der Waals surface area contributed by atoms with E-state index in [1.807, 2.05) is 42.5 Å². The van der Waals surface area contributed by atoms with Crippen LogP contribution in [0.5, 0.6) is 0 Å². The molecule has 0 aliphatic carbocycles. The molecule has 0 spiro atoms. The molecule has 0 saturated heterocycles. The number of nitrogens with two attached hydrogens (primary N) is 1. The van der Waals surface area contributed by atoms with Crippen molar-refractivity contribution >= 4 is 44.0 Å². The highest BCUT2D eigenvalue weighted by atomic mass is 32.2. The highest BCUT2D eigenvalue weighted by Crippen LogP contribution is 2.29. The lowest BCUT2D eigenvalue weighted by Crippen LogP contribution is -2.23. The highest BCUT2D eigenvalue weighted by Gasteiger charge is 2.21. The van der Waals surface area contributed by atoms with Crippen LogP contribution in [0.25, 0.3) is 28.4 Å². The molecular formula is C22H17FN2O5S2. The highest BCUT2D eigenvalue weighted by molar-refractivity contribution is 7.89. The maximum Gasteiger partial charge on any atom is 0.266 e. The van der Waals surface area contributed by atoms with Gasteiger partial charge >= 0.3 is 0 Å². The summed E-state index contributed by atoms with van der Waals surface area (Å²) in [6, 6.07) is 19.5. The zero-order valence-electron chi connectivity index (χ0n) is 16.4. The molecule has 7 nitrogen and oxygen atoms in total. The minimum atomic E-state index is -4.34. The number of sulfonamides is 1. The Kier molecular flexibility index (Phi) is 5.94. The Morgan fingerprint density at radius 3 is 2.41 bits per heavy atom. The first kappa shape index (κ1) is 21.9. The number of hydrogen-bond acceptors (Lipinski definition) is 4. The molecule has 0 aliphatic heterocycles. The van der Waals surface area contributed by atoms with Crippen LogP contribution in [-0.2, 0) is 21.3 Å². The molecule has 32 heavy (non-hydrogen) atoms. The van der Waals surface area contributed by atoms with E-state index in [4.69, 9.17) is 9.56 Å². The van der Waals surface area contributed by atoms with Gasteiger partial charge in [-0.1, -0.05) is 42.5 Å². The fraction of sp³-hybridized carbons (Fsp3) is 0. The largest absolute Gasteiger partial charge is 0.456 e. The monoisotopic (exact) mass is 472 g/mol. The summed E-state index contributed by atoms with van der Waals surface area (Å²) in [7, 11) is -4.34. The van der Waals surface area contributed by atoms with Gasteiger partial charge in [-0.3, -0.25) is 4.55 Å². The molecule has 164 valence electrons. The molecule has 0 aliphatic rings. The van der Waals surface area contributed by atoms with Crippen molar-refractivity contribution in [1.82, 2.24) is 0 Å². The number of halogens is 1. The summed E-state index contributed by atoms with van der Waals surface area (Å²) in [6.07, 6.45) is 2.72. The van der Waals surface area contributed by atoms with Gasteiger partial charge < -0.3 is 4.42 Å². The van der Waals surface area contributed by atoms with Gasteiger partial charge in [-0.15, -0.1) is 0 Å². The summed E-state index contributed by atoms with van der Waals surface area (Å²) in [5, 5.41) is 6.12. The van der Waals surface area contributed by atoms with Crippen LogP contribution in [0, 0.1) is 5.82 Å². The van der Waals surface area contributed by atoms with E-state index in [2.05, 4.69) is 0 Å². The second-order valence-electron chi connectivity index (χ2n) is 6.80. The van der Waals surface area contributed by atoms with Gasteiger partial charge in [-0.2, -0.15) is 0 Å². The van der Waals surface area contributed by atoms with Crippen LogP contribution in [0.3, 0.4) is 0 Å². The average molecular weight is 473 g/mol. The van der Waals surface area contributed by atoms with Crippen molar-refractivity contribution in [2.24, 2.45) is 5.14 Å². The first-order valence-corrected chi connectivity index (χ1v) is 11.8. The van der Waals surface area contributed by atoms with Crippen LogP contribution < -0.4 is 9.44 Å². The van der Waals surface area contributed by atoms with Crippen molar-refractivity contribution < 1.29 is 26.0 Å². The second-order valence-corrected chi connectivity index (χ2v) is 9.18. The van der Waals surface area contributed by atoms with E-state index in [1.165, 1.54) is 12.3 Å². The summed E-state index contributed by atoms with van der Waals surface area (Å²) < 4.78 is 65.3. The van der Waals surface area contributed by atoms with Gasteiger partial charge in [0.15, 0.2) is 0 Å². The molecule has 0 saturated carbocycles. The first-order valence-electron chi connectivity index (χ1n) is 9.22. The zero-order valence-corrected chi connectivity index (χ0v) is 18.0. The molecule has 0 bridgehead atoms. The van der Waals surface area contributed by atoms with Gasteiger partial charge in [0.25, 0.3) is 11.3 Å². The van der Waals surface area contributed by atoms with Crippen molar-refractivity contribution in [3.05, 3.63) is 90.4 Å². The topological polar surface area (TPSA) is 114 Å². The van der Waals surface area contributed by atoms with Crippen LogP contribution >= 0.6 is 0 Å². The quantitative estimate of drug-likeness (QED) is 0.401. The third-order valence-corrected chi connectivity index (χ3v) is 6.25. The SMILES string of the molecule is NS(=O)(=O)c1cc(F)ccc1N(C=Cc1ccc(-c2cc3ccccc3o2)cc1)S(=O)O. The van der Waals surface area contributed by atoms with Crippen LogP contribution in [-0.4, -0.2) is 17.2 Å². The normalized spacial score (nSPS) is 13.0. The fourth-order valence-corrected chi connectivity index (χ4v) is 4.44. The molecule has 0 fully saturated rings. The minimum Gasteiger partial charge on any atom is -0.456 e. The molecule has 10 heteroatoms. The molecule has 3 N–H and O–H groups in total. The summed E-state index contributed by atoms with van der Waals surface area (Å²) >= 11 is -2.63. The van der Waals surface area contributed by atoms with Crippen molar-refractivity contribution in [2.75, 3.05) is 4.31 Å². The van der Waals surface area contributed by atoms with E-state index in [-0.39, 0.29) is 5.69 Å². The standard InChI is InChI=1S/C22H17FN2O5S2/c23-18-9-10-19(22(14-18)32(24,28)29)25(31(26)27)12-11-15-5-7-16(8-6-15)21-13-17-3-1-2-4-20(17)30-21/h1-14H,(H,26,27)(H2,24,28,29). The maximum atomic E-state index is 13.5. The molecule has 1 atom stereocenters. The van der Waals surface area contributed by atoms with E-state index in [0.29, 0.717) is 17.4 Å². The minimum absolute atomic E-state index is 0.232. The molecule has 0 radical (unpaired) electrons. The lowest BCUT2D eigenvalue weighted by molar-refractivity contribution is 0.563. The van der Waals surface area contributed by atoms with Crippen molar-refractivity contribution in [2.45, 2.75) is 4.90 Å². The van der Waals surface area contributed by atoms with Gasteiger partial charge in [0.05, 0.1) is 5.69 Å². The molecule has 1 aromatic heterocycles. The summed E-state index contributed by atoms with van der Waals surface area (Å²) in [5.41, 5.74) is 2.05. The lowest BCUT2D eigenvalue weighted by Gasteiger charge is -2.18. The number of primary sulfonamides is 1. The first-order chi connectivity index (χ1) is 15.2. The predicted molar refractivity (Wildman–Crippen MR) is 122 cm³/mol. The third-order valence-electron chi connectivity index (χ3n) is 4.66. The molecule has 1 unspecified atom stereocenters. The second kappa shape index (κ2) is 8.67. The zero-order chi connectivity index (χ0) is 22.9. The van der Waals surface area contributed by atoms with Gasteiger partial charge in [0.2, 0.25) is 10.0 Å². The summed E-state index contributed by atoms with van der Waals surface area (Å²) in [6.45, 7) is 0.